The van der Waals surface area contributed by atoms with Crippen LogP contribution < -0.4 is 9.64 Å². The second kappa shape index (κ2) is 10.6. The molecule has 2 aliphatic rings. The van der Waals surface area contributed by atoms with Gasteiger partial charge in [-0.1, -0.05) is 6.07 Å². The van der Waals surface area contributed by atoms with Crippen molar-refractivity contribution < 1.29 is 18.3 Å². The van der Waals surface area contributed by atoms with E-state index in [1.807, 2.05) is 35.0 Å². The zero-order valence-electron chi connectivity index (χ0n) is 22.4. The van der Waals surface area contributed by atoms with Gasteiger partial charge in [0.25, 0.3) is 5.91 Å². The monoisotopic (exact) mass is 540 g/mol. The van der Waals surface area contributed by atoms with Gasteiger partial charge < -0.3 is 23.9 Å². The highest BCUT2D eigenvalue weighted by Gasteiger charge is 2.25. The second-order valence-corrected chi connectivity index (χ2v) is 10.2. The van der Waals surface area contributed by atoms with Gasteiger partial charge in [0.05, 0.1) is 23.9 Å². The number of nitrogens with zero attached hydrogens (tertiary/aromatic N) is 6. The maximum atomic E-state index is 13.8. The molecule has 2 saturated heterocycles. The van der Waals surface area contributed by atoms with Gasteiger partial charge in [0, 0.05) is 63.3 Å². The quantitative estimate of drug-likeness (QED) is 0.368. The van der Waals surface area contributed by atoms with Crippen molar-refractivity contribution in [3.8, 4) is 34.4 Å². The fourth-order valence-electron chi connectivity index (χ4n) is 5.38. The van der Waals surface area contributed by atoms with Crippen LogP contribution in [0.15, 0.2) is 53.2 Å². The van der Waals surface area contributed by atoms with Crippen molar-refractivity contribution >= 4 is 22.7 Å². The van der Waals surface area contributed by atoms with Crippen molar-refractivity contribution in [1.82, 2.24) is 19.8 Å². The second-order valence-electron chi connectivity index (χ2n) is 10.2. The molecule has 40 heavy (non-hydrogen) atoms. The average molecular weight is 541 g/mol. The first-order valence-corrected chi connectivity index (χ1v) is 13.3. The van der Waals surface area contributed by atoms with Crippen LogP contribution in [-0.4, -0.2) is 85.3 Å². The molecule has 3 aromatic heterocycles. The van der Waals surface area contributed by atoms with Crippen LogP contribution in [0.5, 0.6) is 5.75 Å². The molecular formula is C30H29FN6O3. The fraction of sp³-hybridized carbons (Fsp3) is 0.333. The zero-order valence-corrected chi connectivity index (χ0v) is 22.4. The number of nitriles is 1. The molecule has 204 valence electrons. The van der Waals surface area contributed by atoms with E-state index in [4.69, 9.17) is 9.15 Å². The Hall–Kier alpha value is -4.49. The Kier molecular flexibility index (Phi) is 6.82. The minimum Gasteiger partial charge on any atom is -0.494 e. The van der Waals surface area contributed by atoms with Crippen LogP contribution in [0.4, 0.5) is 10.1 Å². The van der Waals surface area contributed by atoms with E-state index in [0.717, 1.165) is 29.9 Å². The van der Waals surface area contributed by atoms with Crippen LogP contribution >= 0.6 is 0 Å². The maximum Gasteiger partial charge on any atom is 0.255 e. The highest BCUT2D eigenvalue weighted by Crippen LogP contribution is 2.38. The maximum absolute atomic E-state index is 13.8. The number of rotatable bonds is 5. The lowest BCUT2D eigenvalue weighted by molar-refractivity contribution is 0.0663. The van der Waals surface area contributed by atoms with Crippen LogP contribution in [0.25, 0.3) is 33.7 Å². The first-order valence-electron chi connectivity index (χ1n) is 13.3. The standard InChI is InChI=1S/C30H29FN6O3/c1-35-9-11-36(12-10-35)30(38)21-14-26(39-2)28(34-17-21)27-15-24-29(40-27)23(5-7-33-24)19-3-4-25(20(13-19)16-32)37-8-6-22(31)18-37/h3-5,7,13-15,17,22H,6,8-12,18H2,1-2H3/t22-/m0/s1. The van der Waals surface area contributed by atoms with Gasteiger partial charge >= 0.3 is 0 Å². The summed E-state index contributed by atoms with van der Waals surface area (Å²) in [5, 5.41) is 9.84. The molecule has 1 atom stereocenters. The van der Waals surface area contributed by atoms with Gasteiger partial charge in [-0.3, -0.25) is 9.78 Å². The number of hydrogen-bond donors (Lipinski definition) is 0. The van der Waals surface area contributed by atoms with Crippen LogP contribution in [0.1, 0.15) is 22.3 Å². The molecule has 1 aromatic carbocycles. The third-order valence-corrected chi connectivity index (χ3v) is 7.65. The molecule has 2 fully saturated rings. The van der Waals surface area contributed by atoms with Gasteiger partial charge in [-0.25, -0.2) is 9.37 Å². The molecule has 9 nitrogen and oxygen atoms in total. The topological polar surface area (TPSA) is 98.7 Å². The summed E-state index contributed by atoms with van der Waals surface area (Å²) in [7, 11) is 3.58. The lowest BCUT2D eigenvalue weighted by atomic mass is 10.0. The molecule has 0 radical (unpaired) electrons. The number of halogens is 1. The van der Waals surface area contributed by atoms with Gasteiger partial charge in [0.2, 0.25) is 0 Å². The molecule has 2 aliphatic heterocycles. The molecule has 4 aromatic rings. The third kappa shape index (κ3) is 4.73. The van der Waals surface area contributed by atoms with E-state index in [1.165, 1.54) is 7.11 Å². The molecule has 0 unspecified atom stereocenters. The summed E-state index contributed by atoms with van der Waals surface area (Å²) in [6, 6.07) is 13.2. The van der Waals surface area contributed by atoms with E-state index in [-0.39, 0.29) is 5.91 Å². The minimum absolute atomic E-state index is 0.0771. The average Bonchev–Trinajstić information content (AvgIpc) is 3.62. The molecular weight excluding hydrogens is 511 g/mol. The van der Waals surface area contributed by atoms with Crippen molar-refractivity contribution in [3.63, 3.8) is 0 Å². The molecule has 6 rings (SSSR count). The highest BCUT2D eigenvalue weighted by molar-refractivity contribution is 5.96. The van der Waals surface area contributed by atoms with E-state index in [9.17, 15) is 14.4 Å². The Morgan fingerprint density at radius 3 is 2.67 bits per heavy atom. The van der Waals surface area contributed by atoms with E-state index >= 15 is 0 Å². The summed E-state index contributed by atoms with van der Waals surface area (Å²) in [6.07, 6.45) is 2.83. The van der Waals surface area contributed by atoms with Crippen molar-refractivity contribution in [3.05, 3.63) is 59.9 Å². The number of methoxy groups -OCH3 is 1. The SMILES string of the molecule is COc1cc(C(=O)N2CCN(C)CC2)cnc1-c1cc2nccc(-c3ccc(N4CC[C@H](F)C4)c(C#N)c3)c2o1. The zero-order chi connectivity index (χ0) is 27.8. The summed E-state index contributed by atoms with van der Waals surface area (Å²) in [4.78, 5) is 28.0. The number of hydrogen-bond acceptors (Lipinski definition) is 8. The number of likely N-dealkylation sites (N-methyl/N-ethyl adjacent to an activating group) is 1. The summed E-state index contributed by atoms with van der Waals surface area (Å²) in [6.45, 7) is 3.88. The third-order valence-electron chi connectivity index (χ3n) is 7.65. The Morgan fingerprint density at radius 2 is 1.95 bits per heavy atom. The molecule has 1 amide bonds. The Labute approximate surface area is 231 Å². The van der Waals surface area contributed by atoms with Crippen molar-refractivity contribution in [2.45, 2.75) is 12.6 Å². The van der Waals surface area contributed by atoms with Gasteiger partial charge in [-0.15, -0.1) is 0 Å². The number of alkyl halides is 1. The van der Waals surface area contributed by atoms with Gasteiger partial charge in [-0.05, 0) is 43.3 Å². The normalized spacial score (nSPS) is 17.8. The van der Waals surface area contributed by atoms with Crippen LogP contribution in [-0.2, 0) is 0 Å². The number of amides is 1. The molecule has 0 saturated carbocycles. The molecule has 0 bridgehead atoms. The predicted molar refractivity (Wildman–Crippen MR) is 149 cm³/mol. The number of furan rings is 1. The number of carbonyl (C=O) groups excluding carboxylic acids is 1. The highest BCUT2D eigenvalue weighted by atomic mass is 19.1. The van der Waals surface area contributed by atoms with Crippen LogP contribution in [0.3, 0.4) is 0 Å². The van der Waals surface area contributed by atoms with Gasteiger partial charge in [-0.2, -0.15) is 5.26 Å². The van der Waals surface area contributed by atoms with Gasteiger partial charge in [0.1, 0.15) is 29.2 Å². The van der Waals surface area contributed by atoms with Crippen molar-refractivity contribution in [2.24, 2.45) is 0 Å². The van der Waals surface area contributed by atoms with Crippen molar-refractivity contribution in [1.29, 1.82) is 5.26 Å². The number of anilines is 1. The summed E-state index contributed by atoms with van der Waals surface area (Å²) >= 11 is 0. The first-order chi connectivity index (χ1) is 19.4. The Morgan fingerprint density at radius 1 is 1.12 bits per heavy atom. The Balaban J connectivity index is 1.33. The molecule has 0 N–H and O–H groups in total. The number of carbonyl (C=O) groups is 1. The van der Waals surface area contributed by atoms with Crippen molar-refractivity contribution in [2.75, 3.05) is 58.3 Å². The largest absolute Gasteiger partial charge is 0.494 e. The minimum atomic E-state index is -0.878. The molecule has 5 heterocycles. The van der Waals surface area contributed by atoms with Gasteiger partial charge in [0.15, 0.2) is 11.3 Å². The lowest BCUT2D eigenvalue weighted by Gasteiger charge is -2.32. The van der Waals surface area contributed by atoms with E-state index < -0.39 is 6.17 Å². The summed E-state index contributed by atoms with van der Waals surface area (Å²) in [5.41, 5.74) is 4.86. The summed E-state index contributed by atoms with van der Waals surface area (Å²) < 4.78 is 25.7. The van der Waals surface area contributed by atoms with E-state index in [2.05, 4.69) is 20.9 Å². The predicted octanol–water partition coefficient (Wildman–Crippen LogP) is 4.37. The smallest absolute Gasteiger partial charge is 0.255 e. The van der Waals surface area contributed by atoms with E-state index in [1.54, 1.807) is 30.6 Å². The van der Waals surface area contributed by atoms with Crippen LogP contribution in [0, 0.1) is 11.3 Å². The lowest BCUT2D eigenvalue weighted by Crippen LogP contribution is -2.47. The Bertz CT molecular complexity index is 1620. The number of ether oxygens (including phenoxy) is 1. The number of fused-ring (bicyclic) bond motifs is 1. The summed E-state index contributed by atoms with van der Waals surface area (Å²) in [5.74, 6) is 0.800. The molecule has 10 heteroatoms. The number of aromatic nitrogens is 2. The fourth-order valence-corrected chi connectivity index (χ4v) is 5.38. The first kappa shape index (κ1) is 25.8. The number of pyridine rings is 2. The van der Waals surface area contributed by atoms with Crippen LogP contribution in [0.2, 0.25) is 0 Å². The molecule has 0 spiro atoms. The molecule has 0 aliphatic carbocycles. The number of benzene rings is 1. The van der Waals surface area contributed by atoms with E-state index in [0.29, 0.717) is 72.0 Å². The number of piperazine rings is 1.